The predicted molar refractivity (Wildman–Crippen MR) is 131 cm³/mol. The van der Waals surface area contributed by atoms with Crippen molar-refractivity contribution < 1.29 is 13.2 Å². The molecule has 0 amide bonds. The first-order chi connectivity index (χ1) is 16.3. The van der Waals surface area contributed by atoms with Gasteiger partial charge in [-0.25, -0.2) is 4.98 Å². The summed E-state index contributed by atoms with van der Waals surface area (Å²) in [7, 11) is 0. The molecule has 0 spiro atoms. The summed E-state index contributed by atoms with van der Waals surface area (Å²) in [4.78, 5) is 15.6. The number of alkyl halides is 3. The van der Waals surface area contributed by atoms with Crippen LogP contribution in [0.4, 0.5) is 30.6 Å². The monoisotopic (exact) mass is 492 g/mol. The molecule has 0 saturated carbocycles. The van der Waals surface area contributed by atoms with Gasteiger partial charge in [0.2, 0.25) is 5.95 Å². The molecule has 2 fully saturated rings. The van der Waals surface area contributed by atoms with Gasteiger partial charge in [0.05, 0.1) is 17.3 Å². The Bertz CT molecular complexity index is 1030. The highest BCUT2D eigenvalue weighted by atomic mass is 32.1. The lowest BCUT2D eigenvalue weighted by atomic mass is 10.1. The van der Waals surface area contributed by atoms with Gasteiger partial charge in [-0.1, -0.05) is 6.07 Å². The molecule has 2 aromatic rings. The van der Waals surface area contributed by atoms with Gasteiger partial charge in [0.25, 0.3) is 0 Å². The van der Waals surface area contributed by atoms with Gasteiger partial charge in [0, 0.05) is 51.2 Å². The molecule has 182 valence electrons. The number of nitrogens with two attached hydrogens (primary N) is 1. The number of nitrogens with one attached hydrogen (secondary N) is 1. The van der Waals surface area contributed by atoms with E-state index in [9.17, 15) is 13.2 Å². The molecule has 0 unspecified atom stereocenters. The minimum absolute atomic E-state index is 0.0759. The zero-order valence-electron chi connectivity index (χ0n) is 18.6. The van der Waals surface area contributed by atoms with Crippen molar-refractivity contribution in [1.82, 2.24) is 15.4 Å². The number of piperidine rings is 1. The zero-order chi connectivity index (χ0) is 24.1. The number of halogens is 3. The summed E-state index contributed by atoms with van der Waals surface area (Å²) in [5.41, 5.74) is 8.69. The molecule has 0 atom stereocenters. The first-order valence-corrected chi connectivity index (χ1v) is 11.6. The number of thiocarbonyl (C=S) groups is 1. The largest absolute Gasteiger partial charge is 0.416 e. The molecule has 2 aliphatic rings. The van der Waals surface area contributed by atoms with E-state index in [1.807, 2.05) is 4.90 Å². The second-order valence-electron chi connectivity index (χ2n) is 8.25. The molecule has 12 heteroatoms. The van der Waals surface area contributed by atoms with E-state index in [1.54, 1.807) is 18.5 Å². The number of hydrogen-bond donors (Lipinski definition) is 2. The van der Waals surface area contributed by atoms with Crippen molar-refractivity contribution in [2.24, 2.45) is 10.8 Å². The number of piperazine rings is 1. The van der Waals surface area contributed by atoms with Crippen LogP contribution < -0.4 is 25.9 Å². The van der Waals surface area contributed by atoms with Crippen molar-refractivity contribution in [2.75, 3.05) is 54.0 Å². The van der Waals surface area contributed by atoms with Crippen LogP contribution in [0.25, 0.3) is 0 Å². The molecule has 3 heterocycles. The van der Waals surface area contributed by atoms with Gasteiger partial charge in [-0.3, -0.25) is 5.43 Å². The fourth-order valence-corrected chi connectivity index (χ4v) is 4.24. The van der Waals surface area contributed by atoms with E-state index < -0.39 is 11.7 Å². The second-order valence-corrected chi connectivity index (χ2v) is 8.69. The minimum Gasteiger partial charge on any atom is -0.375 e. The average molecular weight is 493 g/mol. The Labute approximate surface area is 201 Å². The Balaban J connectivity index is 1.49. The standard InChI is InChI=1S/C22H27F3N8S/c23-22(24,25)17-5-4-6-18(13-17)31-9-11-33(12-10-31)21-27-14-16(15-28-30-20(26)34)19(29-21)32-7-2-1-3-8-32/h4-6,13-15H,1-3,7-12H2,(H3,26,30,34)/b28-15+. The summed E-state index contributed by atoms with van der Waals surface area (Å²) in [5, 5.41) is 4.13. The van der Waals surface area contributed by atoms with Crippen LogP contribution in [0.2, 0.25) is 0 Å². The predicted octanol–water partition coefficient (Wildman–Crippen LogP) is 2.98. The summed E-state index contributed by atoms with van der Waals surface area (Å²) in [6.45, 7) is 4.17. The van der Waals surface area contributed by atoms with Gasteiger partial charge in [0.15, 0.2) is 5.11 Å². The van der Waals surface area contributed by atoms with Crippen LogP contribution in [0, 0.1) is 0 Å². The quantitative estimate of drug-likeness (QED) is 0.374. The van der Waals surface area contributed by atoms with Crippen molar-refractivity contribution in [3.05, 3.63) is 41.6 Å². The molecule has 4 rings (SSSR count). The first-order valence-electron chi connectivity index (χ1n) is 11.2. The molecule has 34 heavy (non-hydrogen) atoms. The van der Waals surface area contributed by atoms with Crippen LogP contribution in [0.15, 0.2) is 35.6 Å². The molecule has 2 saturated heterocycles. The lowest BCUT2D eigenvalue weighted by Gasteiger charge is -2.37. The van der Waals surface area contributed by atoms with Crippen LogP contribution in [0.3, 0.4) is 0 Å². The van der Waals surface area contributed by atoms with Crippen LogP contribution in [0.5, 0.6) is 0 Å². The lowest BCUT2D eigenvalue weighted by molar-refractivity contribution is -0.137. The normalized spacial score (nSPS) is 17.3. The molecule has 1 aromatic carbocycles. The molecule has 0 radical (unpaired) electrons. The van der Waals surface area contributed by atoms with Crippen LogP contribution in [0.1, 0.15) is 30.4 Å². The van der Waals surface area contributed by atoms with Crippen LogP contribution >= 0.6 is 12.2 Å². The number of benzene rings is 1. The van der Waals surface area contributed by atoms with E-state index in [-0.39, 0.29) is 5.11 Å². The van der Waals surface area contributed by atoms with Crippen molar-refractivity contribution in [2.45, 2.75) is 25.4 Å². The van der Waals surface area contributed by atoms with Crippen molar-refractivity contribution in [3.8, 4) is 0 Å². The highest BCUT2D eigenvalue weighted by Crippen LogP contribution is 2.32. The van der Waals surface area contributed by atoms with E-state index in [1.165, 1.54) is 18.6 Å². The van der Waals surface area contributed by atoms with E-state index in [0.717, 1.165) is 43.4 Å². The molecular formula is C22H27F3N8S. The summed E-state index contributed by atoms with van der Waals surface area (Å²) >= 11 is 4.79. The summed E-state index contributed by atoms with van der Waals surface area (Å²) in [6.07, 6.45) is 2.37. The molecule has 0 bridgehead atoms. The maximum absolute atomic E-state index is 13.1. The third-order valence-electron chi connectivity index (χ3n) is 5.92. The topological polar surface area (TPSA) is 85.9 Å². The van der Waals surface area contributed by atoms with Gasteiger partial charge in [-0.05, 0) is 49.7 Å². The van der Waals surface area contributed by atoms with Crippen molar-refractivity contribution in [1.29, 1.82) is 0 Å². The molecule has 8 nitrogen and oxygen atoms in total. The first kappa shape index (κ1) is 24.0. The van der Waals surface area contributed by atoms with Crippen molar-refractivity contribution in [3.63, 3.8) is 0 Å². The van der Waals surface area contributed by atoms with E-state index in [2.05, 4.69) is 25.3 Å². The average Bonchev–Trinajstić information content (AvgIpc) is 2.84. The maximum atomic E-state index is 13.1. The Morgan fingerprint density at radius 1 is 1.03 bits per heavy atom. The number of hydrogen-bond acceptors (Lipinski definition) is 7. The highest BCUT2D eigenvalue weighted by Gasteiger charge is 2.31. The number of nitrogens with zero attached hydrogens (tertiary/aromatic N) is 6. The number of hydrazone groups is 1. The third kappa shape index (κ3) is 5.85. The minimum atomic E-state index is -4.35. The van der Waals surface area contributed by atoms with Crippen molar-refractivity contribution >= 4 is 41.0 Å². The SMILES string of the molecule is NC(=S)N/N=C/c1cnc(N2CCN(c3cccc(C(F)(F)F)c3)CC2)nc1N1CCCCC1. The molecular weight excluding hydrogens is 465 g/mol. The Hall–Kier alpha value is -3.15. The van der Waals surface area contributed by atoms with Gasteiger partial charge in [-0.2, -0.15) is 23.3 Å². The fraction of sp³-hybridized carbons (Fsp3) is 0.455. The van der Waals surface area contributed by atoms with E-state index >= 15 is 0 Å². The summed E-state index contributed by atoms with van der Waals surface area (Å²) in [6, 6.07) is 5.46. The second kappa shape index (κ2) is 10.4. The smallest absolute Gasteiger partial charge is 0.375 e. The van der Waals surface area contributed by atoms with Crippen LogP contribution in [-0.2, 0) is 6.18 Å². The van der Waals surface area contributed by atoms with Gasteiger partial charge >= 0.3 is 6.18 Å². The van der Waals surface area contributed by atoms with Gasteiger partial charge in [0.1, 0.15) is 5.82 Å². The Morgan fingerprint density at radius 2 is 1.74 bits per heavy atom. The molecule has 2 aliphatic heterocycles. The third-order valence-corrected chi connectivity index (χ3v) is 6.01. The zero-order valence-corrected chi connectivity index (χ0v) is 19.4. The highest BCUT2D eigenvalue weighted by molar-refractivity contribution is 7.80. The Morgan fingerprint density at radius 3 is 2.41 bits per heavy atom. The fourth-order valence-electron chi connectivity index (χ4n) is 4.18. The molecule has 0 aliphatic carbocycles. The van der Waals surface area contributed by atoms with Gasteiger partial charge < -0.3 is 20.4 Å². The maximum Gasteiger partial charge on any atom is 0.416 e. The van der Waals surface area contributed by atoms with Gasteiger partial charge in [-0.15, -0.1) is 0 Å². The number of rotatable bonds is 5. The molecule has 3 N–H and O–H groups in total. The lowest BCUT2D eigenvalue weighted by Crippen LogP contribution is -2.47. The summed E-state index contributed by atoms with van der Waals surface area (Å²) < 4.78 is 39.3. The molecule has 1 aromatic heterocycles. The summed E-state index contributed by atoms with van der Waals surface area (Å²) in [5.74, 6) is 1.40. The number of anilines is 3. The van der Waals surface area contributed by atoms with E-state index in [0.29, 0.717) is 37.8 Å². The Kier molecular flexibility index (Phi) is 7.35. The van der Waals surface area contributed by atoms with E-state index in [4.69, 9.17) is 22.9 Å². The number of aromatic nitrogens is 2. The van der Waals surface area contributed by atoms with Crippen LogP contribution in [-0.4, -0.2) is 60.6 Å².